The molecule has 1 heterocycles. The Balaban J connectivity index is 1.69. The predicted octanol–water partition coefficient (Wildman–Crippen LogP) is 5.31. The molecule has 4 aromatic rings. The smallest absolute Gasteiger partial charge is 0.262 e. The summed E-state index contributed by atoms with van der Waals surface area (Å²) in [5.74, 6) is 0.225. The van der Waals surface area contributed by atoms with E-state index in [9.17, 15) is 14.4 Å². The first kappa shape index (κ1) is 23.8. The van der Waals surface area contributed by atoms with Crippen LogP contribution in [0.3, 0.4) is 0 Å². The highest BCUT2D eigenvalue weighted by molar-refractivity contribution is 5.97. The van der Waals surface area contributed by atoms with Crippen molar-refractivity contribution < 1.29 is 23.5 Å². The lowest BCUT2D eigenvalue weighted by molar-refractivity contribution is -0.118. The predicted molar refractivity (Wildman–Crippen MR) is 135 cm³/mol. The van der Waals surface area contributed by atoms with E-state index in [2.05, 4.69) is 5.32 Å². The molecule has 0 radical (unpaired) electrons. The minimum atomic E-state index is -0.481. The van der Waals surface area contributed by atoms with Crippen molar-refractivity contribution in [1.82, 2.24) is 0 Å². The molecule has 0 spiro atoms. The SMILES string of the molecule is COc1ccc(-c2oc3cc(C)c(C)cc3c(=O)c2OCC(=O)Nc2cccc(C(C)=O)c2)cc1. The highest BCUT2D eigenvalue weighted by atomic mass is 16.5. The van der Waals surface area contributed by atoms with E-state index in [0.717, 1.165) is 11.1 Å². The highest BCUT2D eigenvalue weighted by Gasteiger charge is 2.20. The Morgan fingerprint density at radius 1 is 0.971 bits per heavy atom. The van der Waals surface area contributed by atoms with E-state index in [1.54, 1.807) is 61.7 Å². The van der Waals surface area contributed by atoms with Crippen LogP contribution in [0.2, 0.25) is 0 Å². The Bertz CT molecular complexity index is 1480. The van der Waals surface area contributed by atoms with Gasteiger partial charge in [0.15, 0.2) is 18.2 Å². The third-order valence-electron chi connectivity index (χ3n) is 5.72. The molecule has 0 bridgehead atoms. The molecule has 178 valence electrons. The van der Waals surface area contributed by atoms with Gasteiger partial charge in [0.1, 0.15) is 11.3 Å². The van der Waals surface area contributed by atoms with Crippen LogP contribution in [0.25, 0.3) is 22.3 Å². The number of nitrogens with one attached hydrogen (secondary N) is 1. The van der Waals surface area contributed by atoms with Crippen LogP contribution in [-0.2, 0) is 4.79 Å². The molecule has 0 fully saturated rings. The van der Waals surface area contributed by atoms with E-state index in [1.165, 1.54) is 6.92 Å². The second kappa shape index (κ2) is 9.85. The first-order chi connectivity index (χ1) is 16.8. The molecule has 1 amide bonds. The van der Waals surface area contributed by atoms with Gasteiger partial charge in [0.05, 0.1) is 12.5 Å². The standard InChI is InChI=1S/C28H25NO6/c1-16-12-23-24(13-17(16)2)35-27(19-8-10-22(33-4)11-9-19)28(26(23)32)34-15-25(31)29-21-7-5-6-20(14-21)18(3)30/h5-14H,15H2,1-4H3,(H,29,31). The van der Waals surface area contributed by atoms with Gasteiger partial charge in [-0.05, 0) is 80.4 Å². The molecular weight excluding hydrogens is 446 g/mol. The number of aryl methyl sites for hydroxylation is 2. The van der Waals surface area contributed by atoms with Crippen molar-refractivity contribution in [3.05, 3.63) is 87.6 Å². The number of carbonyl (C=O) groups excluding carboxylic acids is 2. The van der Waals surface area contributed by atoms with Gasteiger partial charge < -0.3 is 19.2 Å². The second-order valence-corrected chi connectivity index (χ2v) is 8.22. The third kappa shape index (κ3) is 5.09. The van der Waals surface area contributed by atoms with Crippen LogP contribution < -0.4 is 20.2 Å². The summed E-state index contributed by atoms with van der Waals surface area (Å²) >= 11 is 0. The fourth-order valence-electron chi connectivity index (χ4n) is 3.65. The molecule has 3 aromatic carbocycles. The van der Waals surface area contributed by atoms with E-state index < -0.39 is 12.5 Å². The van der Waals surface area contributed by atoms with E-state index in [4.69, 9.17) is 13.9 Å². The maximum absolute atomic E-state index is 13.4. The van der Waals surface area contributed by atoms with Gasteiger partial charge in [0.2, 0.25) is 11.2 Å². The average molecular weight is 472 g/mol. The highest BCUT2D eigenvalue weighted by Crippen LogP contribution is 2.33. The van der Waals surface area contributed by atoms with Gasteiger partial charge in [-0.1, -0.05) is 12.1 Å². The van der Waals surface area contributed by atoms with Crippen LogP contribution in [0.5, 0.6) is 11.5 Å². The Labute approximate surface area is 202 Å². The summed E-state index contributed by atoms with van der Waals surface area (Å²) in [4.78, 5) is 37.6. The van der Waals surface area contributed by atoms with Crippen LogP contribution in [0.1, 0.15) is 28.4 Å². The van der Waals surface area contributed by atoms with Gasteiger partial charge in [-0.2, -0.15) is 0 Å². The molecule has 7 nitrogen and oxygen atoms in total. The summed E-state index contributed by atoms with van der Waals surface area (Å²) < 4.78 is 17.1. The Kier molecular flexibility index (Phi) is 6.68. The van der Waals surface area contributed by atoms with Crippen LogP contribution in [0, 0.1) is 13.8 Å². The Morgan fingerprint density at radius 3 is 2.37 bits per heavy atom. The molecule has 7 heteroatoms. The van der Waals surface area contributed by atoms with Gasteiger partial charge in [0, 0.05) is 16.8 Å². The van der Waals surface area contributed by atoms with E-state index in [1.807, 2.05) is 19.9 Å². The summed E-state index contributed by atoms with van der Waals surface area (Å²) in [6, 6.07) is 17.2. The number of methoxy groups -OCH3 is 1. The molecule has 0 aliphatic carbocycles. The maximum atomic E-state index is 13.4. The number of fused-ring (bicyclic) bond motifs is 1. The number of ether oxygens (including phenoxy) is 2. The first-order valence-corrected chi connectivity index (χ1v) is 11.0. The van der Waals surface area contributed by atoms with Crippen molar-refractivity contribution in [3.8, 4) is 22.8 Å². The van der Waals surface area contributed by atoms with E-state index in [-0.39, 0.29) is 22.7 Å². The number of amides is 1. The largest absolute Gasteiger partial charge is 0.497 e. The fourth-order valence-corrected chi connectivity index (χ4v) is 3.65. The maximum Gasteiger partial charge on any atom is 0.262 e. The van der Waals surface area contributed by atoms with Gasteiger partial charge in [-0.3, -0.25) is 14.4 Å². The second-order valence-electron chi connectivity index (χ2n) is 8.22. The summed E-state index contributed by atoms with van der Waals surface area (Å²) in [5, 5.41) is 3.06. The zero-order valence-corrected chi connectivity index (χ0v) is 19.9. The minimum Gasteiger partial charge on any atom is -0.497 e. The molecule has 0 unspecified atom stereocenters. The molecule has 0 saturated carbocycles. The Morgan fingerprint density at radius 2 is 1.69 bits per heavy atom. The summed E-state index contributed by atoms with van der Waals surface area (Å²) in [5.41, 5.74) is 3.53. The minimum absolute atomic E-state index is 0.0569. The third-order valence-corrected chi connectivity index (χ3v) is 5.72. The van der Waals surface area contributed by atoms with E-state index >= 15 is 0 Å². The lowest BCUT2D eigenvalue weighted by atomic mass is 10.0. The number of hydrogen-bond donors (Lipinski definition) is 1. The van der Waals surface area contributed by atoms with Gasteiger partial charge in [0.25, 0.3) is 5.91 Å². The van der Waals surface area contributed by atoms with Crippen molar-refractivity contribution in [2.75, 3.05) is 19.0 Å². The van der Waals surface area contributed by atoms with Gasteiger partial charge in [-0.25, -0.2) is 0 Å². The van der Waals surface area contributed by atoms with Crippen LogP contribution in [0.15, 0.2) is 69.9 Å². The monoisotopic (exact) mass is 471 g/mol. The molecular formula is C28H25NO6. The number of ketones is 1. The molecule has 1 aromatic heterocycles. The van der Waals surface area contributed by atoms with Crippen LogP contribution >= 0.6 is 0 Å². The van der Waals surface area contributed by atoms with Crippen LogP contribution in [0.4, 0.5) is 5.69 Å². The Hall–Kier alpha value is -4.39. The quantitative estimate of drug-likeness (QED) is 0.367. The molecule has 0 atom stereocenters. The zero-order valence-electron chi connectivity index (χ0n) is 19.9. The normalized spacial score (nSPS) is 10.7. The molecule has 0 saturated heterocycles. The number of hydrogen-bond acceptors (Lipinski definition) is 6. The number of benzene rings is 3. The topological polar surface area (TPSA) is 94.8 Å². The van der Waals surface area contributed by atoms with Gasteiger partial charge in [-0.15, -0.1) is 0 Å². The molecule has 35 heavy (non-hydrogen) atoms. The molecule has 0 aliphatic rings. The van der Waals surface area contributed by atoms with Gasteiger partial charge >= 0.3 is 0 Å². The average Bonchev–Trinajstić information content (AvgIpc) is 2.85. The molecule has 4 rings (SSSR count). The van der Waals surface area contributed by atoms with Crippen molar-refractivity contribution >= 4 is 28.3 Å². The molecule has 0 aliphatic heterocycles. The number of Topliss-reactive ketones (excluding diaryl/α,β-unsaturated/α-hetero) is 1. The molecule has 1 N–H and O–H groups in total. The number of carbonyl (C=O) groups is 2. The summed E-state index contributed by atoms with van der Waals surface area (Å²) in [7, 11) is 1.57. The summed E-state index contributed by atoms with van der Waals surface area (Å²) in [6.07, 6.45) is 0. The zero-order chi connectivity index (χ0) is 25.1. The number of rotatable bonds is 7. The van der Waals surface area contributed by atoms with Crippen molar-refractivity contribution in [2.45, 2.75) is 20.8 Å². The first-order valence-electron chi connectivity index (χ1n) is 11.0. The van der Waals surface area contributed by atoms with Crippen molar-refractivity contribution in [2.24, 2.45) is 0 Å². The lowest BCUT2D eigenvalue weighted by Gasteiger charge is -2.13. The van der Waals surface area contributed by atoms with Crippen molar-refractivity contribution in [1.29, 1.82) is 0 Å². The van der Waals surface area contributed by atoms with Crippen LogP contribution in [-0.4, -0.2) is 25.4 Å². The fraction of sp³-hybridized carbons (Fsp3) is 0.179. The van der Waals surface area contributed by atoms with E-state index in [0.29, 0.717) is 33.5 Å². The summed E-state index contributed by atoms with van der Waals surface area (Å²) in [6.45, 7) is 4.88. The number of anilines is 1. The van der Waals surface area contributed by atoms with Crippen molar-refractivity contribution in [3.63, 3.8) is 0 Å². The lowest BCUT2D eigenvalue weighted by Crippen LogP contribution is -2.22.